The van der Waals surface area contributed by atoms with E-state index in [1.54, 1.807) is 12.1 Å². The van der Waals surface area contributed by atoms with Crippen molar-refractivity contribution in [3.8, 4) is 11.3 Å². The number of rotatable bonds is 11. The summed E-state index contributed by atoms with van der Waals surface area (Å²) >= 11 is 0. The van der Waals surface area contributed by atoms with Crippen LogP contribution in [0.4, 0.5) is 0 Å². The van der Waals surface area contributed by atoms with E-state index in [1.165, 1.54) is 20.0 Å². The molecular formula is C26H33BN4O7. The highest BCUT2D eigenvalue weighted by molar-refractivity contribution is 6.51. The van der Waals surface area contributed by atoms with Crippen LogP contribution in [0.1, 0.15) is 44.1 Å². The Morgan fingerprint density at radius 3 is 2.39 bits per heavy atom. The van der Waals surface area contributed by atoms with Crippen LogP contribution in [0.3, 0.4) is 0 Å². The summed E-state index contributed by atoms with van der Waals surface area (Å²) in [7, 11) is 0.317. The Bertz CT molecular complexity index is 1150. The average molecular weight is 524 g/mol. The number of benzene rings is 1. The summed E-state index contributed by atoms with van der Waals surface area (Å²) in [5.41, 5.74) is 1.48. The van der Waals surface area contributed by atoms with E-state index in [9.17, 15) is 24.3 Å². The van der Waals surface area contributed by atoms with Crippen molar-refractivity contribution < 1.29 is 33.6 Å². The zero-order chi connectivity index (χ0) is 27.8. The van der Waals surface area contributed by atoms with Gasteiger partial charge in [0.15, 0.2) is 0 Å². The fourth-order valence-corrected chi connectivity index (χ4v) is 3.98. The van der Waals surface area contributed by atoms with E-state index in [-0.39, 0.29) is 23.9 Å². The number of pyridine rings is 1. The van der Waals surface area contributed by atoms with Gasteiger partial charge >= 0.3 is 13.1 Å². The van der Waals surface area contributed by atoms with Gasteiger partial charge in [-0.15, -0.1) is 0 Å². The molecule has 1 aromatic carbocycles. The minimum atomic E-state index is -1.32. The minimum Gasteiger partial charge on any atom is -0.506 e. The number of amides is 3. The summed E-state index contributed by atoms with van der Waals surface area (Å²) in [4.78, 5) is 54.5. The Kier molecular flexibility index (Phi) is 9.97. The molecule has 11 nitrogen and oxygen atoms in total. The molecule has 38 heavy (non-hydrogen) atoms. The Hall–Kier alpha value is -3.77. The number of hydrogen-bond acceptors (Lipinski definition) is 8. The van der Waals surface area contributed by atoms with Crippen LogP contribution >= 0.6 is 0 Å². The number of aliphatic hydroxyl groups excluding tert-OH is 1. The smallest absolute Gasteiger partial charge is 0.506 e. The van der Waals surface area contributed by atoms with Gasteiger partial charge in [0.2, 0.25) is 11.8 Å². The third-order valence-electron chi connectivity index (χ3n) is 5.93. The van der Waals surface area contributed by atoms with Gasteiger partial charge in [0, 0.05) is 12.6 Å². The highest BCUT2D eigenvalue weighted by Gasteiger charge is 2.47. The van der Waals surface area contributed by atoms with Crippen molar-refractivity contribution in [2.45, 2.75) is 57.8 Å². The van der Waals surface area contributed by atoms with Gasteiger partial charge in [0.05, 0.1) is 24.2 Å². The molecule has 202 valence electrons. The molecule has 0 aliphatic carbocycles. The zero-order valence-corrected chi connectivity index (χ0v) is 21.8. The molecule has 12 heteroatoms. The van der Waals surface area contributed by atoms with Crippen LogP contribution in [0.25, 0.3) is 11.3 Å². The van der Waals surface area contributed by atoms with E-state index < -0.39 is 49.1 Å². The fraction of sp³-hybridized carbons (Fsp3) is 0.423. The van der Waals surface area contributed by atoms with Gasteiger partial charge in [0.25, 0.3) is 5.91 Å². The molecule has 0 saturated carbocycles. The summed E-state index contributed by atoms with van der Waals surface area (Å²) in [6.07, 6.45) is -2.18. The molecule has 0 radical (unpaired) electrons. The third kappa shape index (κ3) is 7.62. The Balaban J connectivity index is 1.72. The minimum absolute atomic E-state index is 0.0742. The Labute approximate surface area is 221 Å². The van der Waals surface area contributed by atoms with Gasteiger partial charge in [-0.3, -0.25) is 19.2 Å². The molecule has 1 aliphatic heterocycles. The molecular weight excluding hydrogens is 491 g/mol. The first-order chi connectivity index (χ1) is 18.1. The van der Waals surface area contributed by atoms with E-state index in [0.717, 1.165) is 5.56 Å². The van der Waals surface area contributed by atoms with Gasteiger partial charge in [-0.05, 0) is 31.4 Å². The molecule has 1 unspecified atom stereocenters. The van der Waals surface area contributed by atoms with E-state index in [1.807, 2.05) is 44.2 Å². The summed E-state index contributed by atoms with van der Waals surface area (Å²) in [5.74, 6) is -3.12. The van der Waals surface area contributed by atoms with Crippen LogP contribution in [0.2, 0.25) is 0 Å². The molecule has 1 saturated heterocycles. The molecule has 1 aromatic heterocycles. The van der Waals surface area contributed by atoms with E-state index in [4.69, 9.17) is 9.31 Å². The van der Waals surface area contributed by atoms with Crippen molar-refractivity contribution in [3.05, 3.63) is 54.2 Å². The Morgan fingerprint density at radius 1 is 1.05 bits per heavy atom. The van der Waals surface area contributed by atoms with Gasteiger partial charge < -0.3 is 30.4 Å². The number of carbonyl (C=O) groups excluding carboxylic acids is 4. The van der Waals surface area contributed by atoms with Gasteiger partial charge in [-0.1, -0.05) is 50.2 Å². The van der Waals surface area contributed by atoms with Crippen LogP contribution in [0, 0.1) is 5.92 Å². The van der Waals surface area contributed by atoms with E-state index in [2.05, 4.69) is 20.9 Å². The van der Waals surface area contributed by atoms with Crippen LogP contribution in [0.15, 0.2) is 48.5 Å². The van der Waals surface area contributed by atoms with Crippen molar-refractivity contribution in [2.75, 3.05) is 7.05 Å². The summed E-state index contributed by atoms with van der Waals surface area (Å²) in [6.45, 7) is 5.20. The lowest BCUT2D eigenvalue weighted by Gasteiger charge is -2.26. The van der Waals surface area contributed by atoms with Crippen LogP contribution in [0.5, 0.6) is 0 Å². The summed E-state index contributed by atoms with van der Waals surface area (Å²) in [5, 5.41) is 18.0. The number of nitrogens with zero attached hydrogens (tertiary/aromatic N) is 1. The first-order valence-electron chi connectivity index (χ1n) is 12.5. The highest BCUT2D eigenvalue weighted by atomic mass is 16.7. The van der Waals surface area contributed by atoms with Crippen LogP contribution in [-0.2, 0) is 23.7 Å². The predicted octanol–water partition coefficient (Wildman–Crippen LogP) is 0.864. The van der Waals surface area contributed by atoms with Crippen molar-refractivity contribution in [1.29, 1.82) is 0 Å². The number of aromatic nitrogens is 1. The van der Waals surface area contributed by atoms with Gasteiger partial charge in [-0.25, -0.2) is 4.98 Å². The standard InChI is InChI=1S/C26H33BN4O7/c1-15(2)13-21(27-37-20(26(36)38-27)14-22(33)28-4)30-25(35)23(16(3)32)31-24(34)19-12-8-11-18(29-19)17-9-6-5-7-10-17/h5-12,15-16,20-21,23,32H,13-14H2,1-4H3,(H,28,33)(H,30,35)(H,31,34)/t16-,20?,21+,23+/m1/s1. The maximum absolute atomic E-state index is 13.2. The first-order valence-corrected chi connectivity index (χ1v) is 12.5. The molecule has 0 spiro atoms. The predicted molar refractivity (Wildman–Crippen MR) is 139 cm³/mol. The second-order valence-electron chi connectivity index (χ2n) is 9.52. The van der Waals surface area contributed by atoms with Crippen molar-refractivity contribution in [3.63, 3.8) is 0 Å². The van der Waals surface area contributed by atoms with Crippen molar-refractivity contribution in [2.24, 2.45) is 5.92 Å². The first kappa shape index (κ1) is 28.8. The molecule has 4 atom stereocenters. The SMILES string of the molecule is CNC(=O)CC1OB([C@H](CC(C)C)NC(=O)[C@@H](NC(=O)c2cccc(-c3ccccc3)n2)[C@@H](C)O)OC1=O. The quantitative estimate of drug-likeness (QED) is 0.316. The molecule has 3 rings (SSSR count). The maximum Gasteiger partial charge on any atom is 0.552 e. The molecule has 1 aliphatic rings. The number of nitrogens with one attached hydrogen (secondary N) is 3. The lowest BCUT2D eigenvalue weighted by Crippen LogP contribution is -2.57. The second-order valence-corrected chi connectivity index (χ2v) is 9.52. The highest BCUT2D eigenvalue weighted by Crippen LogP contribution is 2.20. The summed E-state index contributed by atoms with van der Waals surface area (Å²) < 4.78 is 11.0. The molecule has 3 amide bonds. The molecule has 4 N–H and O–H groups in total. The zero-order valence-electron chi connectivity index (χ0n) is 21.8. The lowest BCUT2D eigenvalue weighted by atomic mass is 9.74. The molecule has 1 fully saturated rings. The maximum atomic E-state index is 13.2. The van der Waals surface area contributed by atoms with Gasteiger partial charge in [-0.2, -0.15) is 0 Å². The topological polar surface area (TPSA) is 156 Å². The molecule has 2 aromatic rings. The Morgan fingerprint density at radius 2 is 1.76 bits per heavy atom. The average Bonchev–Trinajstić information content (AvgIpc) is 3.26. The number of aliphatic hydroxyl groups is 1. The summed E-state index contributed by atoms with van der Waals surface area (Å²) in [6, 6.07) is 13.0. The van der Waals surface area contributed by atoms with E-state index >= 15 is 0 Å². The molecule has 2 heterocycles. The number of carbonyl (C=O) groups is 4. The van der Waals surface area contributed by atoms with Gasteiger partial charge in [0.1, 0.15) is 17.8 Å². The second kappa shape index (κ2) is 13.2. The normalized spacial score (nSPS) is 17.4. The van der Waals surface area contributed by atoms with E-state index in [0.29, 0.717) is 12.1 Å². The fourth-order valence-electron chi connectivity index (χ4n) is 3.98. The largest absolute Gasteiger partial charge is 0.552 e. The number of hydrogen-bond donors (Lipinski definition) is 4. The van der Waals surface area contributed by atoms with Crippen molar-refractivity contribution in [1.82, 2.24) is 20.9 Å². The van der Waals surface area contributed by atoms with Crippen molar-refractivity contribution >= 4 is 30.8 Å². The van der Waals surface area contributed by atoms with Crippen LogP contribution in [-0.4, -0.2) is 72.1 Å². The molecule has 0 bridgehead atoms. The third-order valence-corrected chi connectivity index (χ3v) is 5.93. The lowest BCUT2D eigenvalue weighted by molar-refractivity contribution is -0.139. The monoisotopic (exact) mass is 524 g/mol. The van der Waals surface area contributed by atoms with Crippen LogP contribution < -0.4 is 16.0 Å².